The molecule has 2 aliphatic heterocycles. The van der Waals surface area contributed by atoms with E-state index in [4.69, 9.17) is 9.47 Å². The number of hydrogen-bond donors (Lipinski definition) is 0. The molecule has 2 aliphatic rings. The smallest absolute Gasteiger partial charge is 0.415 e. The number of benzene rings is 3. The molecule has 226 valence electrons. The van der Waals surface area contributed by atoms with Crippen LogP contribution >= 0.6 is 0 Å². The molecule has 3 aromatic carbocycles. The molecule has 0 spiro atoms. The third kappa shape index (κ3) is 6.06. The van der Waals surface area contributed by atoms with Gasteiger partial charge in [-0.15, -0.1) is 0 Å². The molecule has 3 heterocycles. The Morgan fingerprint density at radius 3 is 2.16 bits per heavy atom. The number of aromatic nitrogens is 2. The maximum atomic E-state index is 13.9. The molecule has 2 amide bonds. The summed E-state index contributed by atoms with van der Waals surface area (Å²) < 4.78 is 25.8. The Balaban J connectivity index is 1.18. The van der Waals surface area contributed by atoms with Crippen LogP contribution in [0.4, 0.5) is 9.18 Å². The van der Waals surface area contributed by atoms with E-state index in [1.807, 2.05) is 23.1 Å². The van der Waals surface area contributed by atoms with Gasteiger partial charge >= 0.3 is 12.1 Å². The van der Waals surface area contributed by atoms with Gasteiger partial charge in [0.25, 0.3) is 5.91 Å². The van der Waals surface area contributed by atoms with Crippen molar-refractivity contribution in [1.82, 2.24) is 19.6 Å². The molecule has 0 saturated carbocycles. The van der Waals surface area contributed by atoms with Gasteiger partial charge in [0.1, 0.15) is 11.6 Å². The lowest BCUT2D eigenvalue weighted by atomic mass is 9.90. The lowest BCUT2D eigenvalue weighted by molar-refractivity contribution is 0.0600. The molecule has 9 nitrogen and oxygen atoms in total. The molecule has 2 saturated heterocycles. The van der Waals surface area contributed by atoms with Crippen molar-refractivity contribution >= 4 is 18.0 Å². The zero-order chi connectivity index (χ0) is 30.6. The maximum Gasteiger partial charge on any atom is 0.415 e. The molecule has 0 radical (unpaired) electrons. The number of hydrogen-bond acceptors (Lipinski definition) is 6. The fourth-order valence-electron chi connectivity index (χ4n) is 6.09. The summed E-state index contributed by atoms with van der Waals surface area (Å²) >= 11 is 0. The molecule has 0 N–H and O–H groups in total. The van der Waals surface area contributed by atoms with Crippen LogP contribution in [0.3, 0.4) is 0 Å². The van der Waals surface area contributed by atoms with Gasteiger partial charge in [0.2, 0.25) is 0 Å². The lowest BCUT2D eigenvalue weighted by Gasteiger charge is -2.32. The molecular formula is C34H33FN4O5. The van der Waals surface area contributed by atoms with E-state index in [0.29, 0.717) is 61.6 Å². The Morgan fingerprint density at radius 2 is 1.48 bits per heavy atom. The fourth-order valence-corrected chi connectivity index (χ4v) is 6.09. The average molecular weight is 597 g/mol. The van der Waals surface area contributed by atoms with E-state index in [2.05, 4.69) is 17.2 Å². The predicted molar refractivity (Wildman–Crippen MR) is 161 cm³/mol. The number of likely N-dealkylation sites (tertiary alicyclic amines) is 2. The molecule has 0 unspecified atom stereocenters. The van der Waals surface area contributed by atoms with Gasteiger partial charge < -0.3 is 19.3 Å². The zero-order valence-corrected chi connectivity index (χ0v) is 24.4. The largest absolute Gasteiger partial charge is 0.465 e. The first-order valence-corrected chi connectivity index (χ1v) is 14.7. The Morgan fingerprint density at radius 1 is 0.818 bits per heavy atom. The van der Waals surface area contributed by atoms with Gasteiger partial charge in [-0.25, -0.2) is 18.7 Å². The Kier molecular flexibility index (Phi) is 8.40. The van der Waals surface area contributed by atoms with Crippen molar-refractivity contribution in [2.24, 2.45) is 0 Å². The van der Waals surface area contributed by atoms with Crippen molar-refractivity contribution in [2.75, 3.05) is 33.3 Å². The number of nitrogens with zero attached hydrogens (tertiary/aromatic N) is 4. The second-order valence-corrected chi connectivity index (χ2v) is 11.1. The van der Waals surface area contributed by atoms with Gasteiger partial charge in [-0.1, -0.05) is 30.3 Å². The normalized spacial score (nSPS) is 17.0. The highest BCUT2D eigenvalue weighted by Crippen LogP contribution is 2.35. The number of halogens is 1. The molecule has 4 aromatic rings. The maximum absolute atomic E-state index is 13.9. The second-order valence-electron chi connectivity index (χ2n) is 11.1. The third-order valence-corrected chi connectivity index (χ3v) is 8.47. The third-order valence-electron chi connectivity index (χ3n) is 8.47. The summed E-state index contributed by atoms with van der Waals surface area (Å²) in [6.45, 7) is 2.14. The minimum absolute atomic E-state index is 0.0579. The van der Waals surface area contributed by atoms with E-state index in [1.54, 1.807) is 40.0 Å². The topological polar surface area (TPSA) is 94.0 Å². The molecule has 10 heteroatoms. The number of carbonyl (C=O) groups excluding carboxylic acids is 3. The van der Waals surface area contributed by atoms with Crippen molar-refractivity contribution in [1.29, 1.82) is 0 Å². The number of methoxy groups -OCH3 is 1. The van der Waals surface area contributed by atoms with E-state index in [0.717, 1.165) is 12.1 Å². The van der Waals surface area contributed by atoms with Crippen LogP contribution < -0.4 is 4.74 Å². The Bertz CT molecular complexity index is 1630. The molecule has 6 rings (SSSR count). The van der Waals surface area contributed by atoms with Crippen LogP contribution in [0.5, 0.6) is 5.75 Å². The van der Waals surface area contributed by atoms with E-state index in [1.165, 1.54) is 36.9 Å². The lowest BCUT2D eigenvalue weighted by Crippen LogP contribution is -2.40. The van der Waals surface area contributed by atoms with Crippen molar-refractivity contribution in [2.45, 2.75) is 31.1 Å². The van der Waals surface area contributed by atoms with Gasteiger partial charge in [0, 0.05) is 38.0 Å². The zero-order valence-electron chi connectivity index (χ0n) is 24.4. The van der Waals surface area contributed by atoms with Crippen molar-refractivity contribution in [3.8, 4) is 11.4 Å². The average Bonchev–Trinajstić information content (AvgIpc) is 3.74. The van der Waals surface area contributed by atoms with Gasteiger partial charge in [0.05, 0.1) is 35.8 Å². The summed E-state index contributed by atoms with van der Waals surface area (Å²) in [5.74, 6) is -0.340. The fraction of sp³-hybridized carbons (Fsp3) is 0.294. The molecule has 0 aliphatic carbocycles. The van der Waals surface area contributed by atoms with Gasteiger partial charge in [-0.05, 0) is 73.4 Å². The summed E-state index contributed by atoms with van der Waals surface area (Å²) in [4.78, 5) is 42.1. The van der Waals surface area contributed by atoms with Crippen molar-refractivity contribution in [3.05, 3.63) is 113 Å². The van der Waals surface area contributed by atoms with Crippen LogP contribution in [0.1, 0.15) is 63.1 Å². The van der Waals surface area contributed by atoms with Crippen LogP contribution in [0.15, 0.2) is 85.1 Å². The molecule has 2 fully saturated rings. The van der Waals surface area contributed by atoms with E-state index >= 15 is 0 Å². The summed E-state index contributed by atoms with van der Waals surface area (Å²) in [5, 5.41) is 4.61. The number of amides is 2. The highest BCUT2D eigenvalue weighted by molar-refractivity contribution is 5.96. The monoisotopic (exact) mass is 596 g/mol. The number of ether oxygens (including phenoxy) is 2. The van der Waals surface area contributed by atoms with E-state index < -0.39 is 12.1 Å². The molecule has 1 atom stereocenters. The molecular weight excluding hydrogens is 563 g/mol. The van der Waals surface area contributed by atoms with Crippen LogP contribution in [0.2, 0.25) is 0 Å². The minimum atomic E-state index is -0.485. The van der Waals surface area contributed by atoms with Gasteiger partial charge in [-0.2, -0.15) is 5.10 Å². The van der Waals surface area contributed by atoms with Crippen molar-refractivity contribution in [3.63, 3.8) is 0 Å². The number of esters is 1. The first-order valence-electron chi connectivity index (χ1n) is 14.7. The summed E-state index contributed by atoms with van der Waals surface area (Å²) in [5.41, 5.74) is 3.57. The quantitative estimate of drug-likeness (QED) is 0.261. The van der Waals surface area contributed by atoms with Crippen LogP contribution in [-0.4, -0.2) is 70.8 Å². The van der Waals surface area contributed by atoms with Crippen LogP contribution in [0.25, 0.3) is 5.69 Å². The van der Waals surface area contributed by atoms with Crippen LogP contribution in [-0.2, 0) is 4.74 Å². The second kappa shape index (κ2) is 12.7. The summed E-state index contributed by atoms with van der Waals surface area (Å²) in [6, 6.07) is 22.5. The minimum Gasteiger partial charge on any atom is -0.465 e. The first kappa shape index (κ1) is 29.1. The Labute approximate surface area is 254 Å². The highest BCUT2D eigenvalue weighted by Gasteiger charge is 2.35. The van der Waals surface area contributed by atoms with Gasteiger partial charge in [-0.3, -0.25) is 4.79 Å². The number of carbonyl (C=O) groups is 3. The van der Waals surface area contributed by atoms with E-state index in [-0.39, 0.29) is 23.6 Å². The van der Waals surface area contributed by atoms with Crippen LogP contribution in [0, 0.1) is 5.82 Å². The summed E-state index contributed by atoms with van der Waals surface area (Å²) in [6.07, 6.45) is 3.21. The first-order chi connectivity index (χ1) is 21.4. The summed E-state index contributed by atoms with van der Waals surface area (Å²) in [7, 11) is 1.30. The SMILES string of the molecule is COC(=O)c1ccc(OC(=O)N2CCC(c3c(C(=O)N4CC[C@H](c5ccccc5)C4)cnn3-c3ccc(F)cc3)CC2)cc1. The molecule has 44 heavy (non-hydrogen) atoms. The number of rotatable bonds is 6. The molecule has 0 bridgehead atoms. The number of piperidine rings is 1. The highest BCUT2D eigenvalue weighted by atomic mass is 19.1. The predicted octanol–water partition coefficient (Wildman–Crippen LogP) is 5.81. The molecule has 1 aromatic heterocycles. The standard InChI is InChI=1S/C34H33FN4O5/c1-43-33(41)25-7-13-29(14-8-25)44-34(42)37-18-15-24(16-19-37)31-30(21-36-39(31)28-11-9-27(35)10-12-28)32(40)38-20-17-26(22-38)23-5-3-2-4-6-23/h2-14,21,24,26H,15-20,22H2,1H3/t26-/m0/s1. The Hall–Kier alpha value is -4.99. The van der Waals surface area contributed by atoms with Gasteiger partial charge in [0.15, 0.2) is 0 Å². The van der Waals surface area contributed by atoms with Crippen molar-refractivity contribution < 1.29 is 28.2 Å². The van der Waals surface area contributed by atoms with E-state index in [9.17, 15) is 18.8 Å².